The lowest BCUT2D eigenvalue weighted by molar-refractivity contribution is -0.112. The van der Waals surface area contributed by atoms with Crippen LogP contribution < -0.4 is 0 Å². The normalized spacial score (nSPS) is 22.6. The van der Waals surface area contributed by atoms with Gasteiger partial charge in [0.15, 0.2) is 0 Å². The number of hydrogen-bond donors (Lipinski definition) is 0. The van der Waals surface area contributed by atoms with E-state index < -0.39 is 0 Å². The van der Waals surface area contributed by atoms with Crippen LogP contribution in [0.4, 0.5) is 0 Å². The molecule has 94 valence electrons. The van der Waals surface area contributed by atoms with Gasteiger partial charge in [0.1, 0.15) is 6.29 Å². The molecule has 1 aliphatic heterocycles. The summed E-state index contributed by atoms with van der Waals surface area (Å²) in [5.74, 6) is 0.971. The fourth-order valence-electron chi connectivity index (χ4n) is 2.02. The highest BCUT2D eigenvalue weighted by Crippen LogP contribution is 2.13. The molecule has 16 heavy (non-hydrogen) atoms. The summed E-state index contributed by atoms with van der Waals surface area (Å²) in [7, 11) is 0. The molecule has 1 aliphatic rings. The number of piperidine rings is 1. The number of carbonyl (C=O) groups is 1. The van der Waals surface area contributed by atoms with Crippen molar-refractivity contribution >= 4 is 6.29 Å². The van der Waals surface area contributed by atoms with Crippen LogP contribution in [-0.4, -0.2) is 44.0 Å². The van der Waals surface area contributed by atoms with Gasteiger partial charge in [-0.05, 0) is 31.7 Å². The van der Waals surface area contributed by atoms with Crippen LogP contribution in [0, 0.1) is 11.8 Å². The maximum absolute atomic E-state index is 10.7. The minimum atomic E-state index is 0.254. The molecule has 3 nitrogen and oxygen atoms in total. The van der Waals surface area contributed by atoms with Crippen molar-refractivity contribution in [3.8, 4) is 0 Å². The largest absolute Gasteiger partial charge is 0.380 e. The first-order chi connectivity index (χ1) is 7.72. The Kier molecular flexibility index (Phi) is 6.65. The predicted octanol–water partition coefficient (Wildman–Crippen LogP) is 1.96. The summed E-state index contributed by atoms with van der Waals surface area (Å²) in [4.78, 5) is 13.0. The zero-order valence-electron chi connectivity index (χ0n) is 10.7. The van der Waals surface area contributed by atoms with E-state index in [-0.39, 0.29) is 5.92 Å². The highest BCUT2D eigenvalue weighted by atomic mass is 16.5. The lowest BCUT2D eigenvalue weighted by Gasteiger charge is -2.29. The van der Waals surface area contributed by atoms with E-state index in [1.165, 1.54) is 0 Å². The number of nitrogens with zero attached hydrogens (tertiary/aromatic N) is 1. The van der Waals surface area contributed by atoms with Gasteiger partial charge >= 0.3 is 0 Å². The zero-order valence-corrected chi connectivity index (χ0v) is 10.7. The van der Waals surface area contributed by atoms with Crippen LogP contribution >= 0.6 is 0 Å². The van der Waals surface area contributed by atoms with Gasteiger partial charge in [-0.3, -0.25) is 0 Å². The summed E-state index contributed by atoms with van der Waals surface area (Å²) in [6.45, 7) is 9.11. The molecule has 1 atom stereocenters. The van der Waals surface area contributed by atoms with Crippen LogP contribution in [0.1, 0.15) is 33.1 Å². The Balaban J connectivity index is 2.01. The van der Waals surface area contributed by atoms with E-state index in [1.54, 1.807) is 0 Å². The molecule has 1 rings (SSSR count). The average Bonchev–Trinajstić information content (AvgIpc) is 2.28. The van der Waals surface area contributed by atoms with E-state index in [0.717, 1.165) is 64.3 Å². The Labute approximate surface area is 99.1 Å². The highest BCUT2D eigenvalue weighted by Gasteiger charge is 2.18. The highest BCUT2D eigenvalue weighted by molar-refractivity contribution is 5.53. The van der Waals surface area contributed by atoms with Crippen LogP contribution in [0.15, 0.2) is 0 Å². The van der Waals surface area contributed by atoms with Gasteiger partial charge in [-0.1, -0.05) is 13.8 Å². The number of hydrogen-bond acceptors (Lipinski definition) is 3. The molecule has 0 aliphatic carbocycles. The van der Waals surface area contributed by atoms with E-state index >= 15 is 0 Å². The van der Waals surface area contributed by atoms with E-state index in [0.29, 0.717) is 0 Å². The summed E-state index contributed by atoms with van der Waals surface area (Å²) in [5.41, 5.74) is 0. The number of likely N-dealkylation sites (tertiary alicyclic amines) is 1. The van der Waals surface area contributed by atoms with Gasteiger partial charge in [0.2, 0.25) is 0 Å². The second-order valence-corrected chi connectivity index (χ2v) is 5.13. The lowest BCUT2D eigenvalue weighted by Crippen LogP contribution is -2.38. The molecule has 1 fully saturated rings. The molecule has 0 saturated carbocycles. The van der Waals surface area contributed by atoms with Gasteiger partial charge < -0.3 is 14.4 Å². The summed E-state index contributed by atoms with van der Waals surface area (Å²) in [5, 5.41) is 0. The van der Waals surface area contributed by atoms with Crippen molar-refractivity contribution in [1.29, 1.82) is 0 Å². The molecular weight excluding hydrogens is 202 g/mol. The minimum absolute atomic E-state index is 0.254. The Morgan fingerprint density at radius 1 is 1.44 bits per heavy atom. The third-order valence-electron chi connectivity index (χ3n) is 3.13. The van der Waals surface area contributed by atoms with Crippen molar-refractivity contribution in [2.24, 2.45) is 11.8 Å². The number of carbonyl (C=O) groups excluding carboxylic acids is 1. The molecule has 0 radical (unpaired) electrons. The van der Waals surface area contributed by atoms with Crippen LogP contribution in [0.2, 0.25) is 0 Å². The second kappa shape index (κ2) is 7.80. The molecule has 1 heterocycles. The van der Waals surface area contributed by atoms with Crippen molar-refractivity contribution in [3.63, 3.8) is 0 Å². The number of rotatable bonds is 7. The van der Waals surface area contributed by atoms with Crippen molar-refractivity contribution in [1.82, 2.24) is 4.90 Å². The Hall–Kier alpha value is -0.410. The Morgan fingerprint density at radius 3 is 2.94 bits per heavy atom. The third-order valence-corrected chi connectivity index (χ3v) is 3.13. The van der Waals surface area contributed by atoms with E-state index in [9.17, 15) is 4.79 Å². The van der Waals surface area contributed by atoms with Gasteiger partial charge in [-0.25, -0.2) is 0 Å². The quantitative estimate of drug-likeness (QED) is 0.492. The van der Waals surface area contributed by atoms with Crippen LogP contribution in [0.25, 0.3) is 0 Å². The lowest BCUT2D eigenvalue weighted by atomic mass is 10.00. The first-order valence-electron chi connectivity index (χ1n) is 6.47. The first kappa shape index (κ1) is 13.7. The fraction of sp³-hybridized carbons (Fsp3) is 0.923. The van der Waals surface area contributed by atoms with Gasteiger partial charge in [0.05, 0.1) is 6.61 Å². The van der Waals surface area contributed by atoms with Gasteiger partial charge in [0, 0.05) is 25.6 Å². The maximum atomic E-state index is 10.7. The summed E-state index contributed by atoms with van der Waals surface area (Å²) in [6.07, 6.45) is 4.45. The molecule has 0 aromatic rings. The molecule has 0 bridgehead atoms. The Bertz CT molecular complexity index is 194. The Morgan fingerprint density at radius 2 is 2.25 bits per heavy atom. The van der Waals surface area contributed by atoms with Crippen molar-refractivity contribution in [3.05, 3.63) is 0 Å². The molecular formula is C13H25NO2. The third kappa shape index (κ3) is 5.61. The molecule has 3 heteroatoms. The summed E-state index contributed by atoms with van der Waals surface area (Å²) in [6, 6.07) is 0. The molecule has 0 aromatic carbocycles. The maximum Gasteiger partial charge on any atom is 0.124 e. The van der Waals surface area contributed by atoms with Crippen molar-refractivity contribution in [2.75, 3.05) is 32.8 Å². The standard InChI is InChI=1S/C13H25NO2/c1-12(2)5-8-16-9-7-14-6-3-4-13(10-14)11-15/h11-13H,3-10H2,1-2H3. The molecule has 0 N–H and O–H groups in total. The van der Waals surface area contributed by atoms with Crippen LogP contribution in [0.5, 0.6) is 0 Å². The van der Waals surface area contributed by atoms with Gasteiger partial charge in [0.25, 0.3) is 0 Å². The summed E-state index contributed by atoms with van der Waals surface area (Å²) >= 11 is 0. The second-order valence-electron chi connectivity index (χ2n) is 5.13. The van der Waals surface area contributed by atoms with Gasteiger partial charge in [-0.15, -0.1) is 0 Å². The summed E-state index contributed by atoms with van der Waals surface area (Å²) < 4.78 is 5.59. The first-order valence-corrected chi connectivity index (χ1v) is 6.47. The smallest absolute Gasteiger partial charge is 0.124 e. The predicted molar refractivity (Wildman–Crippen MR) is 65.5 cm³/mol. The van der Waals surface area contributed by atoms with E-state index in [1.807, 2.05) is 0 Å². The minimum Gasteiger partial charge on any atom is -0.380 e. The van der Waals surface area contributed by atoms with Crippen molar-refractivity contribution < 1.29 is 9.53 Å². The van der Waals surface area contributed by atoms with Crippen LogP contribution in [0.3, 0.4) is 0 Å². The zero-order chi connectivity index (χ0) is 11.8. The van der Waals surface area contributed by atoms with E-state index in [4.69, 9.17) is 4.74 Å². The van der Waals surface area contributed by atoms with E-state index in [2.05, 4.69) is 18.7 Å². The number of ether oxygens (including phenoxy) is 1. The molecule has 0 spiro atoms. The SMILES string of the molecule is CC(C)CCOCCN1CCCC(C=O)C1. The van der Waals surface area contributed by atoms with Crippen molar-refractivity contribution in [2.45, 2.75) is 33.1 Å². The van der Waals surface area contributed by atoms with Gasteiger partial charge in [-0.2, -0.15) is 0 Å². The molecule has 0 amide bonds. The van der Waals surface area contributed by atoms with Crippen LogP contribution in [-0.2, 0) is 9.53 Å². The molecule has 0 aromatic heterocycles. The topological polar surface area (TPSA) is 29.5 Å². The monoisotopic (exact) mass is 227 g/mol. The molecule has 1 unspecified atom stereocenters. The molecule has 1 saturated heterocycles. The average molecular weight is 227 g/mol. The number of aldehydes is 1. The fourth-order valence-corrected chi connectivity index (χ4v) is 2.02.